The highest BCUT2D eigenvalue weighted by Gasteiger charge is 2.15. The van der Waals surface area contributed by atoms with E-state index in [1.54, 1.807) is 35.6 Å². The van der Waals surface area contributed by atoms with Gasteiger partial charge in [0.15, 0.2) is 0 Å². The SMILES string of the molecule is Cc1ccn2c(C(=O)N/N=C/c3ccccc3O)c(C)nc2c1. The zero-order valence-electron chi connectivity index (χ0n) is 12.8. The van der Waals surface area contributed by atoms with Crippen molar-refractivity contribution in [2.24, 2.45) is 5.10 Å². The molecule has 0 aliphatic rings. The van der Waals surface area contributed by atoms with E-state index in [0.717, 1.165) is 11.2 Å². The first-order valence-electron chi connectivity index (χ1n) is 7.13. The molecule has 0 unspecified atom stereocenters. The zero-order valence-corrected chi connectivity index (χ0v) is 12.8. The Kier molecular flexibility index (Phi) is 3.80. The molecule has 1 aromatic carbocycles. The van der Waals surface area contributed by atoms with Gasteiger partial charge in [-0.1, -0.05) is 12.1 Å². The van der Waals surface area contributed by atoms with Crippen LogP contribution in [0.3, 0.4) is 0 Å². The summed E-state index contributed by atoms with van der Waals surface area (Å²) in [6.07, 6.45) is 3.21. The lowest BCUT2D eigenvalue weighted by molar-refractivity contribution is 0.0948. The van der Waals surface area contributed by atoms with Crippen LogP contribution in [0.25, 0.3) is 5.65 Å². The largest absolute Gasteiger partial charge is 0.507 e. The van der Waals surface area contributed by atoms with Crippen LogP contribution in [-0.2, 0) is 0 Å². The van der Waals surface area contributed by atoms with Gasteiger partial charge in [0.25, 0.3) is 5.91 Å². The molecular weight excluding hydrogens is 292 g/mol. The number of phenols is 1. The van der Waals surface area contributed by atoms with Crippen LogP contribution in [0.1, 0.15) is 27.3 Å². The van der Waals surface area contributed by atoms with Crippen molar-refractivity contribution >= 4 is 17.8 Å². The van der Waals surface area contributed by atoms with Crippen molar-refractivity contribution < 1.29 is 9.90 Å². The van der Waals surface area contributed by atoms with Crippen LogP contribution in [0.15, 0.2) is 47.7 Å². The van der Waals surface area contributed by atoms with Crippen molar-refractivity contribution in [3.8, 4) is 5.75 Å². The van der Waals surface area contributed by atoms with E-state index >= 15 is 0 Å². The first-order chi connectivity index (χ1) is 11.1. The fourth-order valence-corrected chi connectivity index (χ4v) is 2.35. The molecule has 116 valence electrons. The van der Waals surface area contributed by atoms with Crippen molar-refractivity contribution in [1.82, 2.24) is 14.8 Å². The zero-order chi connectivity index (χ0) is 16.4. The summed E-state index contributed by atoms with van der Waals surface area (Å²) >= 11 is 0. The maximum atomic E-state index is 12.4. The molecule has 0 aliphatic carbocycles. The molecule has 0 bridgehead atoms. The molecule has 3 rings (SSSR count). The predicted octanol–water partition coefficient (Wildman–Crippen LogP) is 2.42. The number of hydrogen-bond acceptors (Lipinski definition) is 4. The first kappa shape index (κ1) is 14.8. The number of pyridine rings is 1. The third-order valence-corrected chi connectivity index (χ3v) is 3.48. The molecule has 23 heavy (non-hydrogen) atoms. The quantitative estimate of drug-likeness (QED) is 0.576. The van der Waals surface area contributed by atoms with E-state index in [4.69, 9.17) is 0 Å². The number of imidazole rings is 1. The summed E-state index contributed by atoms with van der Waals surface area (Å²) in [4.78, 5) is 16.7. The van der Waals surface area contributed by atoms with Gasteiger partial charge in [-0.3, -0.25) is 9.20 Å². The normalized spacial score (nSPS) is 11.2. The van der Waals surface area contributed by atoms with Crippen LogP contribution in [0.5, 0.6) is 5.75 Å². The van der Waals surface area contributed by atoms with E-state index in [0.29, 0.717) is 17.0 Å². The van der Waals surface area contributed by atoms with Crippen LogP contribution in [-0.4, -0.2) is 26.6 Å². The molecular formula is C17H16N4O2. The molecule has 2 aromatic heterocycles. The molecule has 0 saturated carbocycles. The summed E-state index contributed by atoms with van der Waals surface area (Å²) in [5, 5.41) is 13.6. The average molecular weight is 308 g/mol. The van der Waals surface area contributed by atoms with Crippen LogP contribution >= 0.6 is 0 Å². The van der Waals surface area contributed by atoms with Crippen LogP contribution < -0.4 is 5.43 Å². The molecule has 2 heterocycles. The number of aromatic nitrogens is 2. The Bertz CT molecular complexity index is 912. The molecule has 0 saturated heterocycles. The van der Waals surface area contributed by atoms with Gasteiger partial charge in [0.05, 0.1) is 11.9 Å². The second-order valence-corrected chi connectivity index (χ2v) is 5.24. The lowest BCUT2D eigenvalue weighted by Crippen LogP contribution is -2.20. The van der Waals surface area contributed by atoms with Gasteiger partial charge < -0.3 is 5.11 Å². The second kappa shape index (κ2) is 5.92. The predicted molar refractivity (Wildman–Crippen MR) is 87.8 cm³/mol. The van der Waals surface area contributed by atoms with Crippen LogP contribution in [0.2, 0.25) is 0 Å². The lowest BCUT2D eigenvalue weighted by Gasteiger charge is -2.02. The minimum absolute atomic E-state index is 0.104. The number of hydrazone groups is 1. The summed E-state index contributed by atoms with van der Waals surface area (Å²) in [6.45, 7) is 3.75. The lowest BCUT2D eigenvalue weighted by atomic mass is 10.2. The Balaban J connectivity index is 1.84. The molecule has 2 N–H and O–H groups in total. The highest BCUT2D eigenvalue weighted by atomic mass is 16.3. The van der Waals surface area contributed by atoms with E-state index in [1.165, 1.54) is 6.21 Å². The Morgan fingerprint density at radius 2 is 2.09 bits per heavy atom. The molecule has 6 heteroatoms. The molecule has 6 nitrogen and oxygen atoms in total. The Hall–Kier alpha value is -3.15. The fourth-order valence-electron chi connectivity index (χ4n) is 2.35. The van der Waals surface area contributed by atoms with E-state index in [-0.39, 0.29) is 11.7 Å². The number of aromatic hydroxyl groups is 1. The Labute approximate surface area is 133 Å². The van der Waals surface area contributed by atoms with E-state index in [2.05, 4.69) is 15.5 Å². The number of para-hydroxylation sites is 1. The van der Waals surface area contributed by atoms with Gasteiger partial charge in [-0.15, -0.1) is 0 Å². The minimum atomic E-state index is -0.356. The number of carbonyl (C=O) groups excluding carboxylic acids is 1. The molecule has 0 spiro atoms. The van der Waals surface area contributed by atoms with Gasteiger partial charge in [0.2, 0.25) is 0 Å². The number of nitrogens with one attached hydrogen (secondary N) is 1. The highest BCUT2D eigenvalue weighted by Crippen LogP contribution is 2.14. The monoisotopic (exact) mass is 308 g/mol. The minimum Gasteiger partial charge on any atom is -0.507 e. The van der Waals surface area contributed by atoms with Crippen molar-refractivity contribution in [3.63, 3.8) is 0 Å². The van der Waals surface area contributed by atoms with Gasteiger partial charge in [-0.05, 0) is 43.7 Å². The van der Waals surface area contributed by atoms with Gasteiger partial charge in [0, 0.05) is 11.8 Å². The van der Waals surface area contributed by atoms with Gasteiger partial charge >= 0.3 is 0 Å². The number of aryl methyl sites for hydroxylation is 2. The average Bonchev–Trinajstić information content (AvgIpc) is 2.84. The number of benzene rings is 1. The van der Waals surface area contributed by atoms with Gasteiger partial charge in [-0.25, -0.2) is 10.4 Å². The van der Waals surface area contributed by atoms with E-state index in [1.807, 2.05) is 25.3 Å². The number of hydrogen-bond donors (Lipinski definition) is 2. The standard InChI is InChI=1S/C17H16N4O2/c1-11-7-8-21-15(9-11)19-12(2)16(21)17(23)20-18-10-13-5-3-4-6-14(13)22/h3-10,22H,1-2H3,(H,20,23)/b18-10+. The van der Waals surface area contributed by atoms with E-state index < -0.39 is 0 Å². The van der Waals surface area contributed by atoms with Gasteiger partial charge in [0.1, 0.15) is 17.1 Å². The molecule has 0 aliphatic heterocycles. The number of rotatable bonds is 3. The van der Waals surface area contributed by atoms with Crippen LogP contribution in [0, 0.1) is 13.8 Å². The second-order valence-electron chi connectivity index (χ2n) is 5.24. The molecule has 0 fully saturated rings. The summed E-state index contributed by atoms with van der Waals surface area (Å²) in [6, 6.07) is 10.6. The maximum Gasteiger partial charge on any atom is 0.290 e. The van der Waals surface area contributed by atoms with Crippen molar-refractivity contribution in [1.29, 1.82) is 0 Å². The topological polar surface area (TPSA) is 79.0 Å². The fraction of sp³-hybridized carbons (Fsp3) is 0.118. The number of fused-ring (bicyclic) bond motifs is 1. The third-order valence-electron chi connectivity index (χ3n) is 3.48. The van der Waals surface area contributed by atoms with Crippen molar-refractivity contribution in [2.75, 3.05) is 0 Å². The molecule has 3 aromatic rings. The summed E-state index contributed by atoms with van der Waals surface area (Å²) in [5.41, 5.74) is 5.86. The van der Waals surface area contributed by atoms with E-state index in [9.17, 15) is 9.90 Å². The summed E-state index contributed by atoms with van der Waals surface area (Å²) < 4.78 is 1.73. The first-order valence-corrected chi connectivity index (χ1v) is 7.13. The number of phenolic OH excluding ortho intramolecular Hbond substituents is 1. The maximum absolute atomic E-state index is 12.4. The number of carbonyl (C=O) groups is 1. The molecule has 1 amide bonds. The summed E-state index contributed by atoms with van der Waals surface area (Å²) in [5.74, 6) is -0.252. The number of amides is 1. The summed E-state index contributed by atoms with van der Waals surface area (Å²) in [7, 11) is 0. The smallest absolute Gasteiger partial charge is 0.290 e. The Morgan fingerprint density at radius 3 is 2.87 bits per heavy atom. The van der Waals surface area contributed by atoms with Gasteiger partial charge in [-0.2, -0.15) is 5.10 Å². The van der Waals surface area contributed by atoms with Crippen molar-refractivity contribution in [2.45, 2.75) is 13.8 Å². The Morgan fingerprint density at radius 1 is 1.30 bits per heavy atom. The molecule has 0 radical (unpaired) electrons. The van der Waals surface area contributed by atoms with Crippen LogP contribution in [0.4, 0.5) is 0 Å². The van der Waals surface area contributed by atoms with Crippen molar-refractivity contribution in [3.05, 3.63) is 65.1 Å². The molecule has 0 atom stereocenters. The third kappa shape index (κ3) is 2.91. The highest BCUT2D eigenvalue weighted by molar-refractivity contribution is 5.95. The number of nitrogens with zero attached hydrogens (tertiary/aromatic N) is 3.